The zero-order valence-corrected chi connectivity index (χ0v) is 16.0. The Bertz CT molecular complexity index is 1320. The Balaban J connectivity index is 1.74. The quantitative estimate of drug-likeness (QED) is 0.417. The van der Waals surface area contributed by atoms with E-state index < -0.39 is 11.9 Å². The summed E-state index contributed by atoms with van der Waals surface area (Å²) in [6, 6.07) is 14.7. The molecular weight excluding hydrogens is 360 g/mol. The Hall–Kier alpha value is -3.46. The van der Waals surface area contributed by atoms with Crippen molar-refractivity contribution in [2.45, 2.75) is 25.7 Å². The zero-order chi connectivity index (χ0) is 19.7. The van der Waals surface area contributed by atoms with Gasteiger partial charge in [-0.3, -0.25) is 0 Å². The van der Waals surface area contributed by atoms with Crippen molar-refractivity contribution in [1.82, 2.24) is 0 Å². The molecule has 0 aromatic heterocycles. The second kappa shape index (κ2) is 5.77. The van der Waals surface area contributed by atoms with E-state index in [1.807, 2.05) is 6.07 Å². The lowest BCUT2D eigenvalue weighted by Crippen LogP contribution is -2.05. The summed E-state index contributed by atoms with van der Waals surface area (Å²) >= 11 is 0. The lowest BCUT2D eigenvalue weighted by Gasteiger charge is -2.17. The fourth-order valence-electron chi connectivity index (χ4n) is 5.11. The maximum atomic E-state index is 12.6. The summed E-state index contributed by atoms with van der Waals surface area (Å²) in [4.78, 5) is 24.8. The van der Waals surface area contributed by atoms with Crippen molar-refractivity contribution in [3.8, 4) is 11.1 Å². The van der Waals surface area contributed by atoms with E-state index in [9.17, 15) is 9.59 Å². The van der Waals surface area contributed by atoms with Crippen LogP contribution >= 0.6 is 0 Å². The van der Waals surface area contributed by atoms with E-state index in [4.69, 9.17) is 4.74 Å². The van der Waals surface area contributed by atoms with E-state index in [-0.39, 0.29) is 5.92 Å². The maximum absolute atomic E-state index is 12.6. The highest BCUT2D eigenvalue weighted by molar-refractivity contribution is 6.22. The second-order valence-electron chi connectivity index (χ2n) is 7.87. The van der Waals surface area contributed by atoms with E-state index in [0.717, 1.165) is 29.2 Å². The summed E-state index contributed by atoms with van der Waals surface area (Å²) in [5, 5.41) is 2.08. The minimum atomic E-state index is -0.534. The number of benzene rings is 3. The van der Waals surface area contributed by atoms with Crippen LogP contribution in [0.1, 0.15) is 56.7 Å². The first-order chi connectivity index (χ1) is 14.2. The van der Waals surface area contributed by atoms with Crippen LogP contribution in [0.15, 0.2) is 60.7 Å². The van der Waals surface area contributed by atoms with Gasteiger partial charge in [-0.1, -0.05) is 61.5 Å². The zero-order valence-electron chi connectivity index (χ0n) is 16.0. The predicted octanol–water partition coefficient (Wildman–Crippen LogP) is 5.82. The molecule has 140 valence electrons. The van der Waals surface area contributed by atoms with E-state index in [1.165, 1.54) is 27.8 Å². The second-order valence-corrected chi connectivity index (χ2v) is 7.87. The van der Waals surface area contributed by atoms with Gasteiger partial charge in [-0.05, 0) is 63.1 Å². The molecule has 29 heavy (non-hydrogen) atoms. The van der Waals surface area contributed by atoms with Crippen molar-refractivity contribution in [2.24, 2.45) is 0 Å². The van der Waals surface area contributed by atoms with Gasteiger partial charge in [0, 0.05) is 5.92 Å². The highest BCUT2D eigenvalue weighted by Crippen LogP contribution is 2.55. The number of hydrogen-bond acceptors (Lipinski definition) is 3. The van der Waals surface area contributed by atoms with E-state index in [0.29, 0.717) is 11.1 Å². The molecule has 3 aromatic carbocycles. The number of aryl methyl sites for hydroxylation is 1. The van der Waals surface area contributed by atoms with Crippen molar-refractivity contribution in [2.75, 3.05) is 0 Å². The molecule has 2 aliphatic carbocycles. The Kier molecular flexibility index (Phi) is 3.28. The largest absolute Gasteiger partial charge is 0.386 e. The number of carbonyl (C=O) groups excluding carboxylic acids is 2. The molecule has 1 aliphatic heterocycles. The van der Waals surface area contributed by atoms with Crippen molar-refractivity contribution < 1.29 is 14.3 Å². The van der Waals surface area contributed by atoms with Crippen molar-refractivity contribution in [1.29, 1.82) is 0 Å². The van der Waals surface area contributed by atoms with E-state index in [2.05, 4.69) is 61.5 Å². The first-order valence-electron chi connectivity index (χ1n) is 10.0. The summed E-state index contributed by atoms with van der Waals surface area (Å²) in [6.07, 6.45) is 8.18. The Morgan fingerprint density at radius 3 is 2.76 bits per heavy atom. The van der Waals surface area contributed by atoms with E-state index >= 15 is 0 Å². The van der Waals surface area contributed by atoms with Gasteiger partial charge in [-0.25, -0.2) is 9.59 Å². The molecule has 3 aliphatic rings. The standard InChI is InChI=1S/C26H18O3/c1-2-14-6-5-7-15(12-14)17-11-10-16-13-20-24(26(28)29-25(20)27)23-19-9-4-3-8-18(19)22(17)21(16)23/h3-8,10-13,19H,2,9H2,1H3. The van der Waals surface area contributed by atoms with Crippen molar-refractivity contribution in [3.63, 3.8) is 0 Å². The molecule has 0 radical (unpaired) electrons. The third-order valence-corrected chi connectivity index (χ3v) is 6.40. The van der Waals surface area contributed by atoms with Gasteiger partial charge in [0.15, 0.2) is 0 Å². The molecule has 3 aromatic rings. The number of ether oxygens (including phenoxy) is 1. The van der Waals surface area contributed by atoms with Gasteiger partial charge >= 0.3 is 11.9 Å². The topological polar surface area (TPSA) is 43.4 Å². The Labute approximate surface area is 168 Å². The predicted molar refractivity (Wildman–Crippen MR) is 113 cm³/mol. The lowest BCUT2D eigenvalue weighted by molar-refractivity contribution is 0.0443. The molecule has 1 atom stereocenters. The Morgan fingerprint density at radius 2 is 1.90 bits per heavy atom. The summed E-state index contributed by atoms with van der Waals surface area (Å²) in [6.45, 7) is 2.16. The lowest BCUT2D eigenvalue weighted by atomic mass is 9.85. The van der Waals surface area contributed by atoms with Gasteiger partial charge in [0.1, 0.15) is 0 Å². The van der Waals surface area contributed by atoms with Gasteiger partial charge in [-0.2, -0.15) is 0 Å². The highest BCUT2D eigenvalue weighted by Gasteiger charge is 2.41. The number of carbonyl (C=O) groups is 2. The summed E-state index contributed by atoms with van der Waals surface area (Å²) in [5.74, 6) is -0.961. The average Bonchev–Trinajstić information content (AvgIpc) is 3.24. The third kappa shape index (κ3) is 2.13. The SMILES string of the molecule is CCc1cccc(-c2ccc3cc4c(c5c3c2C2=CC=CCC25)C(=O)OC4=O)c1. The molecule has 1 heterocycles. The van der Waals surface area contributed by atoms with Gasteiger partial charge in [0.2, 0.25) is 0 Å². The van der Waals surface area contributed by atoms with Gasteiger partial charge in [0.25, 0.3) is 0 Å². The molecule has 0 N–H and O–H groups in total. The molecule has 0 fully saturated rings. The van der Waals surface area contributed by atoms with Crippen LogP contribution in [0, 0.1) is 0 Å². The highest BCUT2D eigenvalue weighted by atomic mass is 16.6. The molecule has 0 saturated heterocycles. The fraction of sp³-hybridized carbons (Fsp3) is 0.154. The maximum Gasteiger partial charge on any atom is 0.347 e. The minimum Gasteiger partial charge on any atom is -0.386 e. The number of esters is 2. The monoisotopic (exact) mass is 378 g/mol. The smallest absolute Gasteiger partial charge is 0.347 e. The van der Waals surface area contributed by atoms with Crippen LogP contribution in [0.5, 0.6) is 0 Å². The molecule has 3 nitrogen and oxygen atoms in total. The molecule has 0 bridgehead atoms. The first kappa shape index (κ1) is 16.5. The van der Waals surface area contributed by atoms with Crippen LogP contribution in [0.25, 0.3) is 27.5 Å². The number of rotatable bonds is 2. The van der Waals surface area contributed by atoms with E-state index in [1.54, 1.807) is 0 Å². The molecular formula is C26H18O3. The average molecular weight is 378 g/mol. The summed E-state index contributed by atoms with van der Waals surface area (Å²) in [7, 11) is 0. The molecule has 6 rings (SSSR count). The summed E-state index contributed by atoms with van der Waals surface area (Å²) < 4.78 is 4.98. The number of allylic oxidation sites excluding steroid dienone is 4. The van der Waals surface area contributed by atoms with Crippen LogP contribution in [-0.4, -0.2) is 11.9 Å². The molecule has 0 spiro atoms. The fourth-order valence-corrected chi connectivity index (χ4v) is 5.11. The van der Waals surface area contributed by atoms with Gasteiger partial charge in [0.05, 0.1) is 11.1 Å². The molecule has 1 unspecified atom stereocenters. The van der Waals surface area contributed by atoms with Crippen LogP contribution in [-0.2, 0) is 11.2 Å². The van der Waals surface area contributed by atoms with Crippen molar-refractivity contribution >= 4 is 28.3 Å². The summed E-state index contributed by atoms with van der Waals surface area (Å²) in [5.41, 5.74) is 7.91. The normalized spacial score (nSPS) is 18.7. The van der Waals surface area contributed by atoms with Crippen molar-refractivity contribution in [3.05, 3.63) is 88.5 Å². The first-order valence-corrected chi connectivity index (χ1v) is 10.0. The Morgan fingerprint density at radius 1 is 1.00 bits per heavy atom. The molecule has 0 amide bonds. The van der Waals surface area contributed by atoms with Crippen LogP contribution in [0.2, 0.25) is 0 Å². The molecule has 3 heteroatoms. The van der Waals surface area contributed by atoms with Gasteiger partial charge < -0.3 is 4.74 Å². The number of fused-ring (bicyclic) bond motifs is 5. The third-order valence-electron chi connectivity index (χ3n) is 6.40. The number of cyclic esters (lactones) is 2. The van der Waals surface area contributed by atoms with Crippen LogP contribution in [0.3, 0.4) is 0 Å². The molecule has 0 saturated carbocycles. The van der Waals surface area contributed by atoms with Gasteiger partial charge in [-0.15, -0.1) is 0 Å². The van der Waals surface area contributed by atoms with Crippen LogP contribution in [0.4, 0.5) is 0 Å². The number of hydrogen-bond donors (Lipinski definition) is 0. The minimum absolute atomic E-state index is 0.0846. The van der Waals surface area contributed by atoms with Crippen LogP contribution < -0.4 is 0 Å².